The van der Waals surface area contributed by atoms with Crippen LogP contribution in [0.4, 0.5) is 11.6 Å². The minimum Gasteiger partial charge on any atom is -0.309 e. The lowest BCUT2D eigenvalue weighted by atomic mass is 9.66. The average Bonchev–Trinajstić information content (AvgIpc) is 3.03. The van der Waals surface area contributed by atoms with Gasteiger partial charge in [-0.15, -0.1) is 10.2 Å². The standard InChI is InChI=1S/C17H23N5O2S/c1-12(20-25(3,23)24)15-18-19-16(21(15)2)22-11-17(9-6-10-17)13-7-4-5-8-14(13)22/h4-5,7-8,12,20H,6,9-11H2,1-3H3. The van der Waals surface area contributed by atoms with Crippen LogP contribution in [0.25, 0.3) is 0 Å². The van der Waals surface area contributed by atoms with Crippen molar-refractivity contribution in [2.24, 2.45) is 7.05 Å². The van der Waals surface area contributed by atoms with Crippen LogP contribution in [0.3, 0.4) is 0 Å². The molecule has 1 atom stereocenters. The van der Waals surface area contributed by atoms with Crippen molar-refractivity contribution in [2.75, 3.05) is 17.7 Å². The lowest BCUT2D eigenvalue weighted by Crippen LogP contribution is -2.38. The third kappa shape index (κ3) is 2.64. The Labute approximate surface area is 148 Å². The zero-order valence-corrected chi connectivity index (χ0v) is 15.5. The summed E-state index contributed by atoms with van der Waals surface area (Å²) in [5.41, 5.74) is 2.82. The van der Waals surface area contributed by atoms with Gasteiger partial charge in [0.2, 0.25) is 16.0 Å². The summed E-state index contributed by atoms with van der Waals surface area (Å²) in [6, 6.07) is 8.07. The van der Waals surface area contributed by atoms with Crippen molar-refractivity contribution in [3.05, 3.63) is 35.7 Å². The number of nitrogens with zero attached hydrogens (tertiary/aromatic N) is 4. The van der Waals surface area contributed by atoms with Gasteiger partial charge in [0.1, 0.15) is 0 Å². The Morgan fingerprint density at radius 2 is 1.96 bits per heavy atom. The lowest BCUT2D eigenvalue weighted by molar-refractivity contribution is 0.266. The van der Waals surface area contributed by atoms with E-state index >= 15 is 0 Å². The summed E-state index contributed by atoms with van der Waals surface area (Å²) in [5, 5.41) is 8.63. The molecule has 0 saturated heterocycles. The topological polar surface area (TPSA) is 80.1 Å². The Hall–Kier alpha value is -1.93. The minimum absolute atomic E-state index is 0.235. The molecule has 2 aromatic rings. The van der Waals surface area contributed by atoms with Crippen LogP contribution < -0.4 is 9.62 Å². The molecule has 2 heterocycles. The summed E-state index contributed by atoms with van der Waals surface area (Å²) in [4.78, 5) is 2.22. The van der Waals surface area contributed by atoms with E-state index in [9.17, 15) is 8.42 Å². The van der Waals surface area contributed by atoms with Gasteiger partial charge in [-0.1, -0.05) is 24.6 Å². The molecule has 1 aliphatic heterocycles. The van der Waals surface area contributed by atoms with Crippen LogP contribution >= 0.6 is 0 Å². The molecule has 1 N–H and O–H groups in total. The van der Waals surface area contributed by atoms with E-state index in [0.717, 1.165) is 18.7 Å². The monoisotopic (exact) mass is 361 g/mol. The van der Waals surface area contributed by atoms with Crippen molar-refractivity contribution in [3.63, 3.8) is 0 Å². The lowest BCUT2D eigenvalue weighted by Gasteiger charge is -2.39. The number of fused-ring (bicyclic) bond motifs is 2. The zero-order chi connectivity index (χ0) is 17.8. The van der Waals surface area contributed by atoms with Gasteiger partial charge in [-0.05, 0) is 31.4 Å². The number of sulfonamides is 1. The first-order valence-corrected chi connectivity index (χ1v) is 10.4. The van der Waals surface area contributed by atoms with Crippen LogP contribution in [0.1, 0.15) is 43.6 Å². The second kappa shape index (κ2) is 5.54. The van der Waals surface area contributed by atoms with Crippen LogP contribution in [-0.4, -0.2) is 36.0 Å². The molecule has 0 bridgehead atoms. The summed E-state index contributed by atoms with van der Waals surface area (Å²) in [6.07, 6.45) is 4.83. The Morgan fingerprint density at radius 1 is 1.24 bits per heavy atom. The predicted octanol–water partition coefficient (Wildman–Crippen LogP) is 2.00. The third-order valence-corrected chi connectivity index (χ3v) is 6.22. The van der Waals surface area contributed by atoms with Crippen molar-refractivity contribution in [1.82, 2.24) is 19.5 Å². The summed E-state index contributed by atoms with van der Waals surface area (Å²) in [6.45, 7) is 2.69. The van der Waals surface area contributed by atoms with Crippen LogP contribution in [-0.2, 0) is 22.5 Å². The normalized spacial score (nSPS) is 19.7. The van der Waals surface area contributed by atoms with E-state index in [1.807, 2.05) is 11.6 Å². The number of hydrogen-bond donors (Lipinski definition) is 1. The first-order valence-electron chi connectivity index (χ1n) is 8.54. The molecule has 0 amide bonds. The molecule has 1 aromatic carbocycles. The van der Waals surface area contributed by atoms with Crippen LogP contribution in [0.15, 0.2) is 24.3 Å². The third-order valence-electron chi connectivity index (χ3n) is 5.44. The molecule has 4 rings (SSSR count). The fourth-order valence-corrected chi connectivity index (χ4v) is 4.91. The predicted molar refractivity (Wildman–Crippen MR) is 96.4 cm³/mol. The fourth-order valence-electron chi connectivity index (χ4n) is 4.16. The molecule has 1 fully saturated rings. The number of benzene rings is 1. The number of rotatable bonds is 4. The second-order valence-electron chi connectivity index (χ2n) is 7.27. The fraction of sp³-hybridized carbons (Fsp3) is 0.529. The Kier molecular flexibility index (Phi) is 3.66. The van der Waals surface area contributed by atoms with Gasteiger partial charge in [0, 0.05) is 24.7 Å². The first-order chi connectivity index (χ1) is 11.8. The van der Waals surface area contributed by atoms with Crippen molar-refractivity contribution in [1.29, 1.82) is 0 Å². The Balaban J connectivity index is 1.70. The minimum atomic E-state index is -3.30. The van der Waals surface area contributed by atoms with Gasteiger partial charge in [0.15, 0.2) is 5.82 Å². The van der Waals surface area contributed by atoms with Crippen molar-refractivity contribution >= 4 is 21.7 Å². The number of aromatic nitrogens is 3. The highest BCUT2D eigenvalue weighted by Crippen LogP contribution is 2.54. The second-order valence-corrected chi connectivity index (χ2v) is 9.05. The van der Waals surface area contributed by atoms with Gasteiger partial charge >= 0.3 is 0 Å². The highest BCUT2D eigenvalue weighted by molar-refractivity contribution is 7.88. The van der Waals surface area contributed by atoms with E-state index in [-0.39, 0.29) is 5.41 Å². The van der Waals surface area contributed by atoms with E-state index in [2.05, 4.69) is 44.1 Å². The summed E-state index contributed by atoms with van der Waals surface area (Å²) in [5.74, 6) is 1.36. The average molecular weight is 361 g/mol. The molecule has 1 saturated carbocycles. The van der Waals surface area contributed by atoms with Crippen molar-refractivity contribution < 1.29 is 8.42 Å². The van der Waals surface area contributed by atoms with Crippen molar-refractivity contribution in [3.8, 4) is 0 Å². The largest absolute Gasteiger partial charge is 0.309 e. The maximum Gasteiger partial charge on any atom is 0.231 e. The molecule has 134 valence electrons. The highest BCUT2D eigenvalue weighted by Gasteiger charge is 2.48. The van der Waals surface area contributed by atoms with E-state index in [0.29, 0.717) is 5.82 Å². The molecular weight excluding hydrogens is 338 g/mol. The van der Waals surface area contributed by atoms with Gasteiger partial charge in [0.25, 0.3) is 0 Å². The van der Waals surface area contributed by atoms with E-state index in [1.54, 1.807) is 6.92 Å². The van der Waals surface area contributed by atoms with Gasteiger partial charge in [-0.3, -0.25) is 4.57 Å². The smallest absolute Gasteiger partial charge is 0.231 e. The zero-order valence-electron chi connectivity index (χ0n) is 14.7. The molecule has 8 heteroatoms. The molecule has 1 spiro atoms. The van der Waals surface area contributed by atoms with Gasteiger partial charge in [0.05, 0.1) is 12.3 Å². The first kappa shape index (κ1) is 16.5. The summed E-state index contributed by atoms with van der Waals surface area (Å²) < 4.78 is 27.5. The molecule has 1 unspecified atom stereocenters. The summed E-state index contributed by atoms with van der Waals surface area (Å²) >= 11 is 0. The molecule has 25 heavy (non-hydrogen) atoms. The molecule has 1 aromatic heterocycles. The molecule has 7 nitrogen and oxygen atoms in total. The SMILES string of the molecule is CC(NS(C)(=O)=O)c1nnc(N2CC3(CCC3)c3ccccc32)n1C. The van der Waals surface area contributed by atoms with Crippen LogP contribution in [0, 0.1) is 0 Å². The van der Waals surface area contributed by atoms with E-state index in [4.69, 9.17) is 0 Å². The van der Waals surface area contributed by atoms with Gasteiger partial charge < -0.3 is 4.90 Å². The molecule has 2 aliphatic rings. The van der Waals surface area contributed by atoms with E-state index < -0.39 is 16.1 Å². The van der Waals surface area contributed by atoms with Gasteiger partial charge in [-0.2, -0.15) is 0 Å². The number of para-hydroxylation sites is 1. The Bertz CT molecular complexity index is 917. The molecular formula is C17H23N5O2S. The van der Waals surface area contributed by atoms with Crippen LogP contribution in [0.5, 0.6) is 0 Å². The van der Waals surface area contributed by atoms with Crippen molar-refractivity contribution in [2.45, 2.75) is 37.6 Å². The number of anilines is 2. The van der Waals surface area contributed by atoms with E-state index in [1.165, 1.54) is 30.5 Å². The number of nitrogens with one attached hydrogen (secondary N) is 1. The summed E-state index contributed by atoms with van der Waals surface area (Å²) in [7, 11) is -1.42. The highest BCUT2D eigenvalue weighted by atomic mass is 32.2. The number of hydrogen-bond acceptors (Lipinski definition) is 5. The van der Waals surface area contributed by atoms with Gasteiger partial charge in [-0.25, -0.2) is 13.1 Å². The molecule has 1 aliphatic carbocycles. The van der Waals surface area contributed by atoms with Crippen LogP contribution in [0.2, 0.25) is 0 Å². The maximum absolute atomic E-state index is 11.5. The molecule has 0 radical (unpaired) electrons. The Morgan fingerprint density at radius 3 is 2.60 bits per heavy atom. The maximum atomic E-state index is 11.5. The quantitative estimate of drug-likeness (QED) is 0.901.